The molecule has 1 amide bonds. The Bertz CT molecular complexity index is 1450. The quantitative estimate of drug-likeness (QED) is 0.111. The Kier molecular flexibility index (Phi) is 12.4. The third-order valence-electron chi connectivity index (χ3n) is 7.69. The van der Waals surface area contributed by atoms with Gasteiger partial charge in [0.1, 0.15) is 11.4 Å². The second-order valence-corrected chi connectivity index (χ2v) is 13.7. The van der Waals surface area contributed by atoms with Crippen molar-refractivity contribution < 1.29 is 32.2 Å². The van der Waals surface area contributed by atoms with Crippen LogP contribution in [0, 0.1) is 6.92 Å². The fourth-order valence-corrected chi connectivity index (χ4v) is 6.50. The number of hydrogen-bond donors (Lipinski definition) is 1. The van der Waals surface area contributed by atoms with Crippen molar-refractivity contribution in [1.82, 2.24) is 4.90 Å². The van der Waals surface area contributed by atoms with Gasteiger partial charge in [-0.25, -0.2) is 4.79 Å². The third-order valence-corrected chi connectivity index (χ3v) is 8.83. The zero-order valence-electron chi connectivity index (χ0n) is 27.5. The molecule has 3 aromatic carbocycles. The molecule has 0 unspecified atom stereocenters. The van der Waals surface area contributed by atoms with Gasteiger partial charge in [-0.1, -0.05) is 18.9 Å². The second-order valence-electron chi connectivity index (χ2n) is 12.6. The van der Waals surface area contributed by atoms with Gasteiger partial charge in [0.15, 0.2) is 6.79 Å². The zero-order valence-corrected chi connectivity index (χ0v) is 28.3. The molecule has 0 aromatic heterocycles. The minimum Gasteiger partial charge on any atom is -0.468 e. The summed E-state index contributed by atoms with van der Waals surface area (Å²) < 4.78 is 55.9. The number of halogens is 3. The van der Waals surface area contributed by atoms with Gasteiger partial charge in [0, 0.05) is 56.1 Å². The summed E-state index contributed by atoms with van der Waals surface area (Å²) in [5.74, 6) is 1.36. The number of thioether (sulfide) groups is 1. The van der Waals surface area contributed by atoms with E-state index in [4.69, 9.17) is 14.2 Å². The minimum atomic E-state index is -4.40. The number of methoxy groups -OCH3 is 1. The highest BCUT2D eigenvalue weighted by molar-refractivity contribution is 7.99. The maximum absolute atomic E-state index is 13.3. The summed E-state index contributed by atoms with van der Waals surface area (Å²) in [5, 5.41) is 4.83. The lowest BCUT2D eigenvalue weighted by molar-refractivity contribution is -0.137. The summed E-state index contributed by atoms with van der Waals surface area (Å²) in [5.41, 5.74) is 2.33. The standard InChI is InChI=1S/C35H46F3N3O4S/c1-25-20-28(11-13-31(25)40-15-17-41(18-16-40)33(42)45-34(2,3)4)39-14-8-6-7-9-19-46-32-23-29(44-24-43-5)22-26-21-27(35(36,37)38)10-12-30(26)32/h10-13,20-23,39H,6-9,14-19,24H2,1-5H3. The molecule has 11 heteroatoms. The van der Waals surface area contributed by atoms with Gasteiger partial charge in [-0.15, -0.1) is 11.8 Å². The Morgan fingerprint density at radius 3 is 2.35 bits per heavy atom. The minimum absolute atomic E-state index is 0.0288. The lowest BCUT2D eigenvalue weighted by Crippen LogP contribution is -2.50. The lowest BCUT2D eigenvalue weighted by Gasteiger charge is -2.37. The Morgan fingerprint density at radius 1 is 0.935 bits per heavy atom. The number of amides is 1. The fourth-order valence-electron chi connectivity index (χ4n) is 5.39. The van der Waals surface area contributed by atoms with Crippen LogP contribution < -0.4 is 15.0 Å². The second kappa shape index (κ2) is 16.0. The number of hydrogen-bond acceptors (Lipinski definition) is 7. The van der Waals surface area contributed by atoms with Crippen LogP contribution in [0.25, 0.3) is 10.8 Å². The summed E-state index contributed by atoms with van der Waals surface area (Å²) in [4.78, 5) is 17.4. The molecule has 1 heterocycles. The van der Waals surface area contributed by atoms with E-state index in [1.165, 1.54) is 24.4 Å². The van der Waals surface area contributed by atoms with Crippen LogP contribution in [0.1, 0.15) is 57.6 Å². The normalized spacial score (nSPS) is 14.1. The highest BCUT2D eigenvalue weighted by atomic mass is 32.2. The molecule has 0 saturated carbocycles. The first-order valence-corrected chi connectivity index (χ1v) is 16.8. The molecule has 1 N–H and O–H groups in total. The van der Waals surface area contributed by atoms with Gasteiger partial charge < -0.3 is 29.3 Å². The monoisotopic (exact) mass is 661 g/mol. The van der Waals surface area contributed by atoms with Gasteiger partial charge >= 0.3 is 12.3 Å². The van der Waals surface area contributed by atoms with E-state index in [1.807, 2.05) is 26.8 Å². The predicted molar refractivity (Wildman–Crippen MR) is 180 cm³/mol. The van der Waals surface area contributed by atoms with Gasteiger partial charge in [-0.3, -0.25) is 0 Å². The lowest BCUT2D eigenvalue weighted by atomic mass is 10.1. The van der Waals surface area contributed by atoms with Crippen LogP contribution in [-0.4, -0.2) is 69.0 Å². The number of nitrogens with zero attached hydrogens (tertiary/aromatic N) is 2. The van der Waals surface area contributed by atoms with E-state index in [2.05, 4.69) is 35.3 Å². The molecule has 1 fully saturated rings. The predicted octanol–water partition coefficient (Wildman–Crippen LogP) is 8.97. The van der Waals surface area contributed by atoms with Crippen molar-refractivity contribution in [1.29, 1.82) is 0 Å². The van der Waals surface area contributed by atoms with Crippen LogP contribution >= 0.6 is 11.8 Å². The molecular formula is C35H46F3N3O4S. The summed E-state index contributed by atoms with van der Waals surface area (Å²) in [7, 11) is 1.51. The van der Waals surface area contributed by atoms with Gasteiger partial charge in [0.25, 0.3) is 0 Å². The SMILES string of the molecule is COCOc1cc(SCCCCCCNc2ccc(N3CCN(C(=O)OC(C)(C)C)CC3)c(C)c2)c2ccc(C(F)(F)F)cc2c1. The molecule has 0 bridgehead atoms. The number of piperazine rings is 1. The first kappa shape index (κ1) is 35.5. The molecule has 1 aliphatic heterocycles. The molecule has 4 rings (SSSR count). The molecular weight excluding hydrogens is 615 g/mol. The highest BCUT2D eigenvalue weighted by Crippen LogP contribution is 2.37. The molecule has 0 atom stereocenters. The van der Waals surface area contributed by atoms with E-state index in [9.17, 15) is 18.0 Å². The van der Waals surface area contributed by atoms with E-state index in [1.54, 1.807) is 28.8 Å². The van der Waals surface area contributed by atoms with Crippen molar-refractivity contribution in [3.63, 3.8) is 0 Å². The van der Waals surface area contributed by atoms with Crippen LogP contribution in [0.4, 0.5) is 29.3 Å². The van der Waals surface area contributed by atoms with E-state index < -0.39 is 17.3 Å². The topological polar surface area (TPSA) is 63.3 Å². The maximum atomic E-state index is 13.3. The van der Waals surface area contributed by atoms with E-state index >= 15 is 0 Å². The van der Waals surface area contributed by atoms with Gasteiger partial charge in [0.05, 0.1) is 5.56 Å². The van der Waals surface area contributed by atoms with Gasteiger partial charge in [-0.05, 0) is 105 Å². The molecule has 0 aliphatic carbocycles. The van der Waals surface area contributed by atoms with Crippen LogP contribution in [0.5, 0.6) is 5.75 Å². The van der Waals surface area contributed by atoms with Crippen molar-refractivity contribution in [3.05, 3.63) is 59.7 Å². The highest BCUT2D eigenvalue weighted by Gasteiger charge is 2.30. The smallest absolute Gasteiger partial charge is 0.416 e. The van der Waals surface area contributed by atoms with Gasteiger partial charge in [-0.2, -0.15) is 13.2 Å². The number of carbonyl (C=O) groups is 1. The summed E-state index contributed by atoms with van der Waals surface area (Å²) in [6.07, 6.45) is -0.450. The van der Waals surface area contributed by atoms with E-state index in [0.29, 0.717) is 24.2 Å². The molecule has 7 nitrogen and oxygen atoms in total. The van der Waals surface area contributed by atoms with E-state index in [0.717, 1.165) is 73.1 Å². The number of benzene rings is 3. The first-order chi connectivity index (χ1) is 21.8. The molecule has 3 aromatic rings. The third kappa shape index (κ3) is 10.4. The average Bonchev–Trinajstić information content (AvgIpc) is 2.99. The number of nitrogens with one attached hydrogen (secondary N) is 1. The summed E-state index contributed by atoms with van der Waals surface area (Å²) >= 11 is 1.64. The molecule has 0 radical (unpaired) electrons. The number of alkyl halides is 3. The maximum Gasteiger partial charge on any atom is 0.416 e. The number of rotatable bonds is 13. The number of unbranched alkanes of at least 4 members (excludes halogenated alkanes) is 3. The number of carbonyl (C=O) groups excluding carboxylic acids is 1. The van der Waals surface area contributed by atoms with Crippen molar-refractivity contribution in [2.45, 2.75) is 70.1 Å². The van der Waals surface area contributed by atoms with Crippen molar-refractivity contribution in [2.75, 3.05) is 62.6 Å². The van der Waals surface area contributed by atoms with E-state index in [-0.39, 0.29) is 12.9 Å². The number of anilines is 2. The largest absolute Gasteiger partial charge is 0.468 e. The Balaban J connectivity index is 1.18. The molecule has 0 spiro atoms. The van der Waals surface area contributed by atoms with Crippen LogP contribution in [-0.2, 0) is 15.7 Å². The van der Waals surface area contributed by atoms with Crippen LogP contribution in [0.15, 0.2) is 53.4 Å². The van der Waals surface area contributed by atoms with Crippen molar-refractivity contribution in [3.8, 4) is 5.75 Å². The summed E-state index contributed by atoms with van der Waals surface area (Å²) in [6, 6.07) is 13.8. The van der Waals surface area contributed by atoms with Crippen molar-refractivity contribution >= 4 is 40.0 Å². The molecule has 252 valence electrons. The Hall–Kier alpha value is -3.31. The number of aryl methyl sites for hydroxylation is 1. The Labute approximate surface area is 274 Å². The zero-order chi connectivity index (χ0) is 33.3. The van der Waals surface area contributed by atoms with Crippen LogP contribution in [0.2, 0.25) is 0 Å². The number of fused-ring (bicyclic) bond motifs is 1. The molecule has 1 saturated heterocycles. The molecule has 46 heavy (non-hydrogen) atoms. The summed E-state index contributed by atoms with van der Waals surface area (Å²) in [6.45, 7) is 11.5. The molecule has 1 aliphatic rings. The average molecular weight is 662 g/mol. The number of ether oxygens (including phenoxy) is 3. The van der Waals surface area contributed by atoms with Crippen molar-refractivity contribution in [2.24, 2.45) is 0 Å². The van der Waals surface area contributed by atoms with Crippen LogP contribution in [0.3, 0.4) is 0 Å². The fraction of sp³-hybridized carbons (Fsp3) is 0.514. The Morgan fingerprint density at radius 2 is 1.67 bits per heavy atom. The van der Waals surface area contributed by atoms with Gasteiger partial charge in [0.2, 0.25) is 0 Å². The first-order valence-electron chi connectivity index (χ1n) is 15.8.